The van der Waals surface area contributed by atoms with Gasteiger partial charge in [0, 0.05) is 16.1 Å². The van der Waals surface area contributed by atoms with Crippen molar-refractivity contribution in [2.75, 3.05) is 0 Å². The van der Waals surface area contributed by atoms with Crippen LogP contribution in [-0.2, 0) is 0 Å². The van der Waals surface area contributed by atoms with E-state index >= 15 is 0 Å². The molecule has 2 fully saturated rings. The van der Waals surface area contributed by atoms with Crippen LogP contribution >= 0.6 is 11.3 Å². The Kier molecular flexibility index (Phi) is 2.78. The van der Waals surface area contributed by atoms with Crippen molar-refractivity contribution in [1.82, 2.24) is 0 Å². The number of rotatable bonds is 3. The molecule has 2 aliphatic rings. The van der Waals surface area contributed by atoms with Gasteiger partial charge in [0.15, 0.2) is 5.75 Å². The lowest BCUT2D eigenvalue weighted by molar-refractivity contribution is -0.0776. The molecule has 1 heterocycles. The van der Waals surface area contributed by atoms with E-state index in [1.807, 2.05) is 24.3 Å². The second-order valence-electron chi connectivity index (χ2n) is 6.44. The van der Waals surface area contributed by atoms with Gasteiger partial charge in [-0.2, -0.15) is 0 Å². The summed E-state index contributed by atoms with van der Waals surface area (Å²) in [7, 11) is 0. The minimum atomic E-state index is -0.411. The molecule has 1 spiro atoms. The standard InChI is InChI=1S/C16H18N2O2S/c17-9-5-16(6-9)7-10(8-16)20-13-11-3-1-2-4-12(11)21-14(13)15(18)19/h1-4,9-10H,5-8,17H2,(H2,18,19). The Labute approximate surface area is 127 Å². The molecule has 0 bridgehead atoms. The smallest absolute Gasteiger partial charge is 0.262 e. The normalized spacial score (nSPS) is 30.9. The van der Waals surface area contributed by atoms with Gasteiger partial charge in [0.1, 0.15) is 4.88 Å². The predicted molar refractivity (Wildman–Crippen MR) is 83.6 cm³/mol. The number of carbonyl (C=O) groups excluding carboxylic acids is 1. The van der Waals surface area contributed by atoms with E-state index in [9.17, 15) is 4.79 Å². The molecule has 0 saturated heterocycles. The molecule has 0 radical (unpaired) electrons. The molecule has 1 amide bonds. The van der Waals surface area contributed by atoms with E-state index in [1.165, 1.54) is 11.3 Å². The van der Waals surface area contributed by atoms with Crippen molar-refractivity contribution in [2.24, 2.45) is 16.9 Å². The van der Waals surface area contributed by atoms with Gasteiger partial charge in [-0.1, -0.05) is 12.1 Å². The average Bonchev–Trinajstić information content (AvgIpc) is 2.74. The molecule has 2 aromatic rings. The van der Waals surface area contributed by atoms with Crippen LogP contribution in [0.4, 0.5) is 0 Å². The number of nitrogens with two attached hydrogens (primary N) is 2. The molecule has 0 atom stereocenters. The number of amides is 1. The van der Waals surface area contributed by atoms with Gasteiger partial charge in [-0.3, -0.25) is 4.79 Å². The fourth-order valence-electron chi connectivity index (χ4n) is 3.84. The largest absolute Gasteiger partial charge is 0.488 e. The summed E-state index contributed by atoms with van der Waals surface area (Å²) in [4.78, 5) is 12.2. The fraction of sp³-hybridized carbons (Fsp3) is 0.438. The molecule has 4 N–H and O–H groups in total. The Morgan fingerprint density at radius 1 is 1.24 bits per heavy atom. The maximum atomic E-state index is 11.7. The molecule has 1 aromatic carbocycles. The molecule has 0 unspecified atom stereocenters. The molecule has 1 aromatic heterocycles. The Morgan fingerprint density at radius 3 is 2.62 bits per heavy atom. The highest BCUT2D eigenvalue weighted by atomic mass is 32.1. The molecular formula is C16H18N2O2S. The summed E-state index contributed by atoms with van der Waals surface area (Å²) in [6.07, 6.45) is 4.50. The molecule has 5 heteroatoms. The van der Waals surface area contributed by atoms with Crippen molar-refractivity contribution < 1.29 is 9.53 Å². The summed E-state index contributed by atoms with van der Waals surface area (Å²) < 4.78 is 7.17. The molecular weight excluding hydrogens is 284 g/mol. The van der Waals surface area contributed by atoms with Gasteiger partial charge in [0.2, 0.25) is 0 Å². The lowest BCUT2D eigenvalue weighted by Crippen LogP contribution is -2.56. The van der Waals surface area contributed by atoms with Gasteiger partial charge >= 0.3 is 0 Å². The van der Waals surface area contributed by atoms with Crippen molar-refractivity contribution in [3.05, 3.63) is 29.1 Å². The molecule has 2 aliphatic carbocycles. The molecule has 4 rings (SSSR count). The van der Waals surface area contributed by atoms with Crippen LogP contribution in [0.2, 0.25) is 0 Å². The third-order valence-electron chi connectivity index (χ3n) is 4.77. The number of fused-ring (bicyclic) bond motifs is 1. The Balaban J connectivity index is 1.59. The molecule has 21 heavy (non-hydrogen) atoms. The number of primary amides is 1. The first-order valence-corrected chi connectivity index (χ1v) is 8.12. The second kappa shape index (κ2) is 4.45. The van der Waals surface area contributed by atoms with Crippen molar-refractivity contribution in [3.63, 3.8) is 0 Å². The zero-order valence-electron chi connectivity index (χ0n) is 11.7. The summed E-state index contributed by atoms with van der Waals surface area (Å²) in [6, 6.07) is 8.27. The highest BCUT2D eigenvalue weighted by Gasteiger charge is 2.53. The molecule has 4 nitrogen and oxygen atoms in total. The summed E-state index contributed by atoms with van der Waals surface area (Å²) in [5.74, 6) is 0.262. The monoisotopic (exact) mass is 302 g/mol. The number of carbonyl (C=O) groups is 1. The quantitative estimate of drug-likeness (QED) is 0.915. The van der Waals surface area contributed by atoms with Crippen LogP contribution in [-0.4, -0.2) is 18.1 Å². The minimum Gasteiger partial charge on any atom is -0.488 e. The zero-order chi connectivity index (χ0) is 14.6. The van der Waals surface area contributed by atoms with Gasteiger partial charge in [-0.25, -0.2) is 0 Å². The highest BCUT2D eigenvalue weighted by Crippen LogP contribution is 2.56. The van der Waals surface area contributed by atoms with Crippen molar-refractivity contribution in [1.29, 1.82) is 0 Å². The van der Waals surface area contributed by atoms with E-state index < -0.39 is 5.91 Å². The second-order valence-corrected chi connectivity index (χ2v) is 7.49. The molecule has 2 saturated carbocycles. The highest BCUT2D eigenvalue weighted by molar-refractivity contribution is 7.21. The van der Waals surface area contributed by atoms with Crippen LogP contribution < -0.4 is 16.2 Å². The van der Waals surface area contributed by atoms with Crippen molar-refractivity contribution in [2.45, 2.75) is 37.8 Å². The summed E-state index contributed by atoms with van der Waals surface area (Å²) in [5.41, 5.74) is 11.8. The summed E-state index contributed by atoms with van der Waals surface area (Å²) in [5, 5.41) is 0.988. The average molecular weight is 302 g/mol. The van der Waals surface area contributed by atoms with Crippen LogP contribution in [0.5, 0.6) is 5.75 Å². The maximum Gasteiger partial charge on any atom is 0.262 e. The number of ether oxygens (including phenoxy) is 1. The van der Waals surface area contributed by atoms with Crippen LogP contribution in [0, 0.1) is 5.41 Å². The van der Waals surface area contributed by atoms with E-state index in [2.05, 4.69) is 0 Å². The third kappa shape index (κ3) is 2.03. The van der Waals surface area contributed by atoms with E-state index in [-0.39, 0.29) is 6.10 Å². The topological polar surface area (TPSA) is 78.3 Å². The number of hydrogen-bond acceptors (Lipinski definition) is 4. The van der Waals surface area contributed by atoms with Crippen molar-refractivity contribution >= 4 is 27.3 Å². The van der Waals surface area contributed by atoms with Gasteiger partial charge in [-0.05, 0) is 43.2 Å². The lowest BCUT2D eigenvalue weighted by Gasteiger charge is -2.56. The van der Waals surface area contributed by atoms with Crippen LogP contribution in [0.25, 0.3) is 10.1 Å². The van der Waals surface area contributed by atoms with Gasteiger partial charge in [-0.15, -0.1) is 11.3 Å². The Morgan fingerprint density at radius 2 is 1.95 bits per heavy atom. The minimum absolute atomic E-state index is 0.189. The van der Waals surface area contributed by atoms with E-state index in [4.69, 9.17) is 16.2 Å². The van der Waals surface area contributed by atoms with E-state index in [1.54, 1.807) is 0 Å². The predicted octanol–water partition coefficient (Wildman–Crippen LogP) is 2.65. The van der Waals surface area contributed by atoms with Crippen LogP contribution in [0.15, 0.2) is 24.3 Å². The first-order valence-electron chi connectivity index (χ1n) is 7.30. The maximum absolute atomic E-state index is 11.7. The Bertz CT molecular complexity index is 710. The number of thiophene rings is 1. The number of hydrogen-bond donors (Lipinski definition) is 2. The third-order valence-corrected chi connectivity index (χ3v) is 5.94. The SMILES string of the molecule is NC(=O)c1sc2ccccc2c1OC1CC2(CC(N)C2)C1. The first-order chi connectivity index (χ1) is 10.1. The lowest BCUT2D eigenvalue weighted by atomic mass is 9.53. The molecule has 110 valence electrons. The first kappa shape index (κ1) is 13.1. The van der Waals surface area contributed by atoms with Gasteiger partial charge in [0.25, 0.3) is 5.91 Å². The van der Waals surface area contributed by atoms with Gasteiger partial charge < -0.3 is 16.2 Å². The molecule has 0 aliphatic heterocycles. The van der Waals surface area contributed by atoms with Crippen LogP contribution in [0.1, 0.15) is 35.4 Å². The Hall–Kier alpha value is -1.59. The number of benzene rings is 1. The fourth-order valence-corrected chi connectivity index (χ4v) is 4.83. The summed E-state index contributed by atoms with van der Waals surface area (Å²) >= 11 is 1.41. The van der Waals surface area contributed by atoms with E-state index in [0.717, 1.165) is 35.8 Å². The van der Waals surface area contributed by atoms with Crippen LogP contribution in [0.3, 0.4) is 0 Å². The van der Waals surface area contributed by atoms with E-state index in [0.29, 0.717) is 22.1 Å². The summed E-state index contributed by atoms with van der Waals surface area (Å²) in [6.45, 7) is 0. The zero-order valence-corrected chi connectivity index (χ0v) is 12.5. The van der Waals surface area contributed by atoms with Gasteiger partial charge in [0.05, 0.1) is 6.10 Å². The van der Waals surface area contributed by atoms with Crippen molar-refractivity contribution in [3.8, 4) is 5.75 Å².